The van der Waals surface area contributed by atoms with Gasteiger partial charge in [0.1, 0.15) is 5.92 Å². The summed E-state index contributed by atoms with van der Waals surface area (Å²) in [6.45, 7) is 8.64. The first kappa shape index (κ1) is 15.5. The molecule has 1 N–H and O–H groups in total. The number of aryl methyl sites for hydroxylation is 1. The van der Waals surface area contributed by atoms with E-state index in [-0.39, 0.29) is 17.9 Å². The van der Waals surface area contributed by atoms with E-state index in [1.807, 2.05) is 45.9 Å². The van der Waals surface area contributed by atoms with Crippen LogP contribution in [-0.4, -0.2) is 24.4 Å². The summed E-state index contributed by atoms with van der Waals surface area (Å²) in [5, 5.41) is 2.91. The van der Waals surface area contributed by atoms with Gasteiger partial charge < -0.3 is 10.2 Å². The maximum atomic E-state index is 12.5. The first-order chi connectivity index (χ1) is 9.95. The number of nitrogens with zero attached hydrogens (tertiary/aromatic N) is 1. The minimum atomic E-state index is -0.543. The fraction of sp³-hybridized carbons (Fsp3) is 0.529. The molecule has 0 aromatic heterocycles. The van der Waals surface area contributed by atoms with Crippen molar-refractivity contribution in [1.29, 1.82) is 0 Å². The molecule has 2 unspecified atom stereocenters. The van der Waals surface area contributed by atoms with Crippen molar-refractivity contribution in [1.82, 2.24) is 5.32 Å². The van der Waals surface area contributed by atoms with Gasteiger partial charge in [-0.3, -0.25) is 9.59 Å². The summed E-state index contributed by atoms with van der Waals surface area (Å²) < 4.78 is 0. The van der Waals surface area contributed by atoms with E-state index in [9.17, 15) is 9.59 Å². The second kappa shape index (κ2) is 6.29. The van der Waals surface area contributed by atoms with E-state index >= 15 is 0 Å². The second-order valence-corrected chi connectivity index (χ2v) is 5.87. The zero-order valence-electron chi connectivity index (χ0n) is 13.3. The van der Waals surface area contributed by atoms with Crippen molar-refractivity contribution in [3.63, 3.8) is 0 Å². The SMILES string of the molecule is CCC(C)NC(=O)C1CCN(c2cccc(C)c2C)C1=O. The Morgan fingerprint density at radius 3 is 2.81 bits per heavy atom. The average Bonchev–Trinajstić information content (AvgIpc) is 2.83. The maximum Gasteiger partial charge on any atom is 0.239 e. The highest BCUT2D eigenvalue weighted by Gasteiger charge is 2.38. The van der Waals surface area contributed by atoms with E-state index in [0.717, 1.165) is 23.2 Å². The van der Waals surface area contributed by atoms with E-state index < -0.39 is 5.92 Å². The van der Waals surface area contributed by atoms with Gasteiger partial charge in [-0.1, -0.05) is 19.1 Å². The summed E-state index contributed by atoms with van der Waals surface area (Å²) in [4.78, 5) is 26.5. The second-order valence-electron chi connectivity index (χ2n) is 5.87. The van der Waals surface area contributed by atoms with Crippen LogP contribution in [0.15, 0.2) is 18.2 Å². The Morgan fingerprint density at radius 1 is 1.43 bits per heavy atom. The van der Waals surface area contributed by atoms with Gasteiger partial charge in [-0.05, 0) is 50.8 Å². The molecule has 2 rings (SSSR count). The standard InChI is InChI=1S/C17H24N2O2/c1-5-12(3)18-16(20)14-9-10-19(17(14)21)15-8-6-7-11(2)13(15)4/h6-8,12,14H,5,9-10H2,1-4H3,(H,18,20). The summed E-state index contributed by atoms with van der Waals surface area (Å²) in [5.41, 5.74) is 3.19. The number of rotatable bonds is 4. The normalized spacial score (nSPS) is 19.7. The third-order valence-electron chi connectivity index (χ3n) is 4.39. The third-order valence-corrected chi connectivity index (χ3v) is 4.39. The number of hydrogen-bond donors (Lipinski definition) is 1. The summed E-state index contributed by atoms with van der Waals surface area (Å²) in [7, 11) is 0. The Morgan fingerprint density at radius 2 is 2.14 bits per heavy atom. The maximum absolute atomic E-state index is 12.5. The number of anilines is 1. The molecule has 114 valence electrons. The van der Waals surface area contributed by atoms with Crippen molar-refractivity contribution < 1.29 is 9.59 Å². The van der Waals surface area contributed by atoms with Gasteiger partial charge in [0.2, 0.25) is 11.8 Å². The van der Waals surface area contributed by atoms with Crippen LogP contribution in [0.25, 0.3) is 0 Å². The van der Waals surface area contributed by atoms with Crippen LogP contribution in [-0.2, 0) is 9.59 Å². The third kappa shape index (κ3) is 3.09. The number of hydrogen-bond acceptors (Lipinski definition) is 2. The van der Waals surface area contributed by atoms with Gasteiger partial charge >= 0.3 is 0 Å². The lowest BCUT2D eigenvalue weighted by atomic mass is 10.1. The highest BCUT2D eigenvalue weighted by Crippen LogP contribution is 2.29. The van der Waals surface area contributed by atoms with Gasteiger partial charge in [0.25, 0.3) is 0 Å². The lowest BCUT2D eigenvalue weighted by Crippen LogP contribution is -2.40. The number of carbonyl (C=O) groups is 2. The van der Waals surface area contributed by atoms with Crippen molar-refractivity contribution >= 4 is 17.5 Å². The van der Waals surface area contributed by atoms with Crippen molar-refractivity contribution in [2.75, 3.05) is 11.4 Å². The Hall–Kier alpha value is -1.84. The molecule has 4 nitrogen and oxygen atoms in total. The van der Waals surface area contributed by atoms with Crippen LogP contribution in [0.2, 0.25) is 0 Å². The van der Waals surface area contributed by atoms with Crippen LogP contribution in [0.3, 0.4) is 0 Å². The number of benzene rings is 1. The lowest BCUT2D eigenvalue weighted by molar-refractivity contribution is -0.132. The van der Waals surface area contributed by atoms with Gasteiger partial charge in [-0.15, -0.1) is 0 Å². The lowest BCUT2D eigenvalue weighted by Gasteiger charge is -2.20. The molecule has 0 bridgehead atoms. The van der Waals surface area contributed by atoms with Gasteiger partial charge in [0.05, 0.1) is 0 Å². The monoisotopic (exact) mass is 288 g/mol. The summed E-state index contributed by atoms with van der Waals surface area (Å²) >= 11 is 0. The molecule has 2 atom stereocenters. The van der Waals surface area contributed by atoms with Crippen molar-refractivity contribution in [2.24, 2.45) is 5.92 Å². The van der Waals surface area contributed by atoms with Gasteiger partial charge in [0.15, 0.2) is 0 Å². The highest BCUT2D eigenvalue weighted by atomic mass is 16.2. The first-order valence-electron chi connectivity index (χ1n) is 7.63. The molecule has 4 heteroatoms. The number of amides is 2. The van der Waals surface area contributed by atoms with E-state index in [4.69, 9.17) is 0 Å². The van der Waals surface area contributed by atoms with Crippen molar-refractivity contribution in [3.05, 3.63) is 29.3 Å². The average molecular weight is 288 g/mol. The molecule has 1 aromatic carbocycles. The van der Waals surface area contributed by atoms with Crippen LogP contribution in [0.1, 0.15) is 37.8 Å². The molecule has 1 heterocycles. The van der Waals surface area contributed by atoms with Crippen molar-refractivity contribution in [2.45, 2.75) is 46.6 Å². The number of nitrogens with one attached hydrogen (secondary N) is 1. The molecule has 1 aromatic rings. The molecule has 2 amide bonds. The number of carbonyl (C=O) groups excluding carboxylic acids is 2. The Balaban J connectivity index is 2.15. The fourth-order valence-corrected chi connectivity index (χ4v) is 2.64. The van der Waals surface area contributed by atoms with Crippen LogP contribution in [0.4, 0.5) is 5.69 Å². The van der Waals surface area contributed by atoms with Crippen LogP contribution >= 0.6 is 0 Å². The predicted octanol–water partition coefficient (Wildman–Crippen LogP) is 2.57. The highest BCUT2D eigenvalue weighted by molar-refractivity contribution is 6.10. The molecule has 1 aliphatic heterocycles. The Labute approximate surface area is 126 Å². The molecule has 0 saturated carbocycles. The molecular formula is C17H24N2O2. The predicted molar refractivity (Wildman–Crippen MR) is 84.3 cm³/mol. The van der Waals surface area contributed by atoms with Crippen LogP contribution < -0.4 is 10.2 Å². The first-order valence-corrected chi connectivity index (χ1v) is 7.63. The smallest absolute Gasteiger partial charge is 0.239 e. The Kier molecular flexibility index (Phi) is 4.66. The van der Waals surface area contributed by atoms with E-state index in [0.29, 0.717) is 13.0 Å². The van der Waals surface area contributed by atoms with Crippen LogP contribution in [0, 0.1) is 19.8 Å². The van der Waals surface area contributed by atoms with Gasteiger partial charge in [-0.2, -0.15) is 0 Å². The summed E-state index contributed by atoms with van der Waals surface area (Å²) in [6, 6.07) is 6.05. The van der Waals surface area contributed by atoms with Gasteiger partial charge in [0, 0.05) is 18.3 Å². The van der Waals surface area contributed by atoms with E-state index in [1.54, 1.807) is 4.90 Å². The summed E-state index contributed by atoms with van der Waals surface area (Å²) in [5.74, 6) is -0.759. The van der Waals surface area contributed by atoms with Crippen LogP contribution in [0.5, 0.6) is 0 Å². The molecule has 0 radical (unpaired) electrons. The topological polar surface area (TPSA) is 49.4 Å². The fourth-order valence-electron chi connectivity index (χ4n) is 2.64. The Bertz CT molecular complexity index is 554. The zero-order chi connectivity index (χ0) is 15.6. The van der Waals surface area contributed by atoms with E-state index in [2.05, 4.69) is 5.32 Å². The molecule has 21 heavy (non-hydrogen) atoms. The minimum absolute atomic E-state index is 0.0792. The summed E-state index contributed by atoms with van der Waals surface area (Å²) in [6.07, 6.45) is 1.46. The molecule has 1 aliphatic rings. The van der Waals surface area contributed by atoms with Crippen molar-refractivity contribution in [3.8, 4) is 0 Å². The van der Waals surface area contributed by atoms with E-state index in [1.165, 1.54) is 0 Å². The van der Waals surface area contributed by atoms with Gasteiger partial charge in [-0.25, -0.2) is 0 Å². The largest absolute Gasteiger partial charge is 0.353 e. The minimum Gasteiger partial charge on any atom is -0.353 e. The molecule has 0 spiro atoms. The molecule has 1 saturated heterocycles. The molecular weight excluding hydrogens is 264 g/mol. The quantitative estimate of drug-likeness (QED) is 0.866. The molecule has 1 fully saturated rings. The molecule has 0 aliphatic carbocycles. The zero-order valence-corrected chi connectivity index (χ0v) is 13.3.